The van der Waals surface area contributed by atoms with Gasteiger partial charge in [-0.05, 0) is 14.1 Å². The monoisotopic (exact) mass is 269 g/mol. The normalized spacial score (nSPS) is 24.8. The summed E-state index contributed by atoms with van der Waals surface area (Å²) in [5.41, 5.74) is 0. The Hall–Kier alpha value is 0.120. The molecule has 0 aliphatic carbocycles. The Morgan fingerprint density at radius 3 is 2.69 bits per heavy atom. The van der Waals surface area contributed by atoms with Crippen molar-refractivity contribution < 1.29 is 8.42 Å². The van der Waals surface area contributed by atoms with Crippen molar-refractivity contribution >= 4 is 21.6 Å². The van der Waals surface area contributed by atoms with Crippen molar-refractivity contribution in [3.63, 3.8) is 0 Å². The molecule has 0 radical (unpaired) electrons. The fourth-order valence-electron chi connectivity index (χ4n) is 1.72. The minimum atomic E-state index is -3.20. The minimum absolute atomic E-state index is 0.0131. The molecule has 5 nitrogen and oxygen atoms in total. The summed E-state index contributed by atoms with van der Waals surface area (Å²) in [5.74, 6) is 0.122. The Labute approximate surface area is 103 Å². The van der Waals surface area contributed by atoms with Crippen LogP contribution in [0.2, 0.25) is 0 Å². The smallest absolute Gasteiger partial charge is 0.212 e. The minimum Gasteiger partial charge on any atom is -0.303 e. The molecule has 0 amide bonds. The van der Waals surface area contributed by atoms with E-state index in [0.717, 1.165) is 19.6 Å². The Bertz CT molecular complexity index is 310. The van der Waals surface area contributed by atoms with Crippen LogP contribution in [-0.2, 0) is 10.0 Å². The zero-order valence-electron chi connectivity index (χ0n) is 9.82. The highest BCUT2D eigenvalue weighted by Gasteiger charge is 2.23. The number of hydrogen-bond acceptors (Lipinski definition) is 4. The van der Waals surface area contributed by atoms with Crippen molar-refractivity contribution in [3.05, 3.63) is 0 Å². The number of halogens is 1. The molecule has 1 aliphatic heterocycles. The number of alkyl halides is 1. The maximum atomic E-state index is 11.4. The molecule has 0 aromatic rings. The molecule has 7 heteroatoms. The van der Waals surface area contributed by atoms with Crippen LogP contribution in [0.3, 0.4) is 0 Å². The summed E-state index contributed by atoms with van der Waals surface area (Å²) in [6.45, 7) is 3.35. The van der Waals surface area contributed by atoms with Crippen LogP contribution in [0.25, 0.3) is 0 Å². The van der Waals surface area contributed by atoms with E-state index in [9.17, 15) is 8.42 Å². The molecule has 0 spiro atoms. The third-order valence-corrected chi connectivity index (χ3v) is 4.63. The van der Waals surface area contributed by atoms with Gasteiger partial charge >= 0.3 is 0 Å². The zero-order chi connectivity index (χ0) is 12.2. The van der Waals surface area contributed by atoms with E-state index in [-0.39, 0.29) is 17.7 Å². The first-order valence-electron chi connectivity index (χ1n) is 5.36. The van der Waals surface area contributed by atoms with Crippen LogP contribution in [0.1, 0.15) is 0 Å². The van der Waals surface area contributed by atoms with Gasteiger partial charge in [0.25, 0.3) is 0 Å². The molecular weight excluding hydrogens is 250 g/mol. The summed E-state index contributed by atoms with van der Waals surface area (Å²) in [5, 5.41) is 0. The van der Waals surface area contributed by atoms with Gasteiger partial charge in [-0.3, -0.25) is 4.90 Å². The van der Waals surface area contributed by atoms with E-state index in [2.05, 4.69) is 14.5 Å². The number of piperazine rings is 1. The van der Waals surface area contributed by atoms with Gasteiger partial charge in [0.05, 0.1) is 5.75 Å². The molecule has 1 saturated heterocycles. The molecule has 16 heavy (non-hydrogen) atoms. The molecule has 1 unspecified atom stereocenters. The Morgan fingerprint density at radius 1 is 1.38 bits per heavy atom. The van der Waals surface area contributed by atoms with Gasteiger partial charge in [-0.1, -0.05) is 0 Å². The van der Waals surface area contributed by atoms with Gasteiger partial charge in [0.1, 0.15) is 0 Å². The second-order valence-corrected chi connectivity index (χ2v) is 6.56. The van der Waals surface area contributed by atoms with E-state index in [1.165, 1.54) is 0 Å². The highest BCUT2D eigenvalue weighted by atomic mass is 35.5. The number of nitrogens with one attached hydrogen (secondary N) is 1. The number of likely N-dealkylation sites (N-methyl/N-ethyl adjacent to an activating group) is 2. The van der Waals surface area contributed by atoms with Gasteiger partial charge in [-0.25, -0.2) is 13.1 Å². The van der Waals surface area contributed by atoms with Crippen molar-refractivity contribution in [2.45, 2.75) is 6.04 Å². The lowest BCUT2D eigenvalue weighted by Crippen LogP contribution is -2.54. The highest BCUT2D eigenvalue weighted by molar-refractivity contribution is 7.89. The number of sulfonamides is 1. The van der Waals surface area contributed by atoms with Gasteiger partial charge in [-0.2, -0.15) is 0 Å². The van der Waals surface area contributed by atoms with Gasteiger partial charge in [0, 0.05) is 38.1 Å². The van der Waals surface area contributed by atoms with Crippen LogP contribution in [0, 0.1) is 0 Å². The highest BCUT2D eigenvalue weighted by Crippen LogP contribution is 2.05. The van der Waals surface area contributed by atoms with Crippen molar-refractivity contribution in [1.29, 1.82) is 0 Å². The zero-order valence-corrected chi connectivity index (χ0v) is 11.4. The van der Waals surface area contributed by atoms with E-state index < -0.39 is 10.0 Å². The number of nitrogens with zero attached hydrogens (tertiary/aromatic N) is 2. The fraction of sp³-hybridized carbons (Fsp3) is 1.00. The summed E-state index contributed by atoms with van der Waals surface area (Å²) < 4.78 is 25.5. The van der Waals surface area contributed by atoms with Crippen molar-refractivity contribution in [3.8, 4) is 0 Å². The predicted octanol–water partition coefficient (Wildman–Crippen LogP) is -0.610. The SMILES string of the molecule is CN1CCN(C)C(CNS(=O)(=O)CCCl)C1. The molecule has 0 saturated carbocycles. The second kappa shape index (κ2) is 6.16. The van der Waals surface area contributed by atoms with Crippen molar-refractivity contribution in [2.24, 2.45) is 0 Å². The average molecular weight is 270 g/mol. The first kappa shape index (κ1) is 14.2. The van der Waals surface area contributed by atoms with Gasteiger partial charge in [-0.15, -0.1) is 11.6 Å². The van der Waals surface area contributed by atoms with E-state index >= 15 is 0 Å². The van der Waals surface area contributed by atoms with E-state index in [1.807, 2.05) is 14.1 Å². The van der Waals surface area contributed by atoms with Crippen LogP contribution in [0.5, 0.6) is 0 Å². The molecule has 1 aliphatic rings. The maximum absolute atomic E-state index is 11.4. The van der Waals surface area contributed by atoms with E-state index in [4.69, 9.17) is 11.6 Å². The van der Waals surface area contributed by atoms with Crippen LogP contribution in [0.15, 0.2) is 0 Å². The first-order chi connectivity index (χ1) is 7.44. The summed E-state index contributed by atoms with van der Waals surface area (Å²) in [6, 6.07) is 0.240. The summed E-state index contributed by atoms with van der Waals surface area (Å²) in [7, 11) is 0.871. The topological polar surface area (TPSA) is 52.6 Å². The van der Waals surface area contributed by atoms with Gasteiger partial charge < -0.3 is 4.90 Å². The second-order valence-electron chi connectivity index (χ2n) is 4.25. The molecule has 1 heterocycles. The standard InChI is InChI=1S/C9H20ClN3O2S/c1-12-4-5-13(2)9(8-12)7-11-16(14,15)6-3-10/h9,11H,3-8H2,1-2H3. The third-order valence-electron chi connectivity index (χ3n) is 2.86. The van der Waals surface area contributed by atoms with Gasteiger partial charge in [0.2, 0.25) is 10.0 Å². The number of hydrogen-bond donors (Lipinski definition) is 1. The molecule has 0 aromatic carbocycles. The summed E-state index contributed by atoms with van der Waals surface area (Å²) in [6.07, 6.45) is 0. The lowest BCUT2D eigenvalue weighted by atomic mass is 10.2. The van der Waals surface area contributed by atoms with E-state index in [0.29, 0.717) is 6.54 Å². The van der Waals surface area contributed by atoms with Gasteiger partial charge in [0.15, 0.2) is 0 Å². The maximum Gasteiger partial charge on any atom is 0.212 e. The van der Waals surface area contributed by atoms with Crippen LogP contribution >= 0.6 is 11.6 Å². The molecule has 0 bridgehead atoms. The lowest BCUT2D eigenvalue weighted by molar-refractivity contribution is 0.117. The number of rotatable bonds is 5. The predicted molar refractivity (Wildman–Crippen MR) is 66.4 cm³/mol. The third kappa shape index (κ3) is 4.55. The summed E-state index contributed by atoms with van der Waals surface area (Å²) >= 11 is 5.42. The first-order valence-corrected chi connectivity index (χ1v) is 7.55. The molecule has 1 fully saturated rings. The summed E-state index contributed by atoms with van der Waals surface area (Å²) in [4.78, 5) is 4.39. The molecular formula is C9H20ClN3O2S. The van der Waals surface area contributed by atoms with Crippen LogP contribution < -0.4 is 4.72 Å². The van der Waals surface area contributed by atoms with E-state index in [1.54, 1.807) is 0 Å². The molecule has 1 rings (SSSR count). The molecule has 0 aromatic heterocycles. The largest absolute Gasteiger partial charge is 0.303 e. The van der Waals surface area contributed by atoms with Crippen molar-refractivity contribution in [2.75, 3.05) is 51.9 Å². The van der Waals surface area contributed by atoms with Crippen LogP contribution in [0.4, 0.5) is 0 Å². The average Bonchev–Trinajstić information content (AvgIpc) is 2.19. The molecule has 96 valence electrons. The molecule has 1 atom stereocenters. The quantitative estimate of drug-likeness (QED) is 0.677. The van der Waals surface area contributed by atoms with Crippen LogP contribution in [-0.4, -0.2) is 76.2 Å². The molecule has 1 N–H and O–H groups in total. The lowest BCUT2D eigenvalue weighted by Gasteiger charge is -2.37. The Balaban J connectivity index is 2.41. The Kier molecular flexibility index (Phi) is 5.46. The fourth-order valence-corrected chi connectivity index (χ4v) is 3.12. The Morgan fingerprint density at radius 2 is 2.06 bits per heavy atom. The van der Waals surface area contributed by atoms with Crippen molar-refractivity contribution in [1.82, 2.24) is 14.5 Å².